The second kappa shape index (κ2) is 6.15. The smallest absolute Gasteiger partial charge is 0.136 e. The van der Waals surface area contributed by atoms with E-state index >= 15 is 0 Å². The molecule has 1 spiro atoms. The molecule has 3 nitrogen and oxygen atoms in total. The van der Waals surface area contributed by atoms with E-state index in [0.29, 0.717) is 11.7 Å². The molecule has 3 rings (SSSR count). The Labute approximate surface area is 120 Å². The lowest BCUT2D eigenvalue weighted by molar-refractivity contribution is -0.135. The minimum Gasteiger partial charge on any atom is -0.374 e. The molecule has 19 heavy (non-hydrogen) atoms. The third kappa shape index (κ3) is 3.34. The maximum Gasteiger partial charge on any atom is 0.136 e. The van der Waals surface area contributed by atoms with Crippen LogP contribution in [0.1, 0.15) is 38.5 Å². The molecule has 3 aliphatic heterocycles. The highest BCUT2D eigenvalue weighted by molar-refractivity contribution is 7.99. The first-order valence-corrected chi connectivity index (χ1v) is 8.88. The van der Waals surface area contributed by atoms with Crippen molar-refractivity contribution in [1.82, 2.24) is 5.32 Å². The Hall–Kier alpha value is -0.0600. The molecule has 0 amide bonds. The highest BCUT2D eigenvalue weighted by atomic mass is 32.2. The van der Waals surface area contributed by atoms with Crippen molar-refractivity contribution in [3.8, 4) is 0 Å². The molecule has 3 heterocycles. The van der Waals surface area contributed by atoms with Crippen molar-refractivity contribution < 1.29 is 9.53 Å². The average Bonchev–Trinajstić information content (AvgIpc) is 2.88. The fourth-order valence-electron chi connectivity index (χ4n) is 3.70. The van der Waals surface area contributed by atoms with Crippen LogP contribution in [0.15, 0.2) is 0 Å². The van der Waals surface area contributed by atoms with Crippen LogP contribution in [0.5, 0.6) is 0 Å². The van der Waals surface area contributed by atoms with Crippen LogP contribution < -0.4 is 5.32 Å². The van der Waals surface area contributed by atoms with Gasteiger partial charge in [-0.1, -0.05) is 0 Å². The Kier molecular flexibility index (Phi) is 4.50. The first-order chi connectivity index (χ1) is 9.27. The Balaban J connectivity index is 1.54. The van der Waals surface area contributed by atoms with Crippen molar-refractivity contribution in [2.45, 2.75) is 44.1 Å². The molecule has 0 aromatic heterocycles. The maximum atomic E-state index is 12.5. The molecule has 2 atom stereocenters. The summed E-state index contributed by atoms with van der Waals surface area (Å²) < 4.78 is 6.01. The third-order valence-corrected chi connectivity index (χ3v) is 6.19. The van der Waals surface area contributed by atoms with E-state index in [2.05, 4.69) is 5.32 Å². The van der Waals surface area contributed by atoms with Crippen molar-refractivity contribution in [2.24, 2.45) is 11.8 Å². The van der Waals surface area contributed by atoms with Gasteiger partial charge in [0.15, 0.2) is 0 Å². The zero-order valence-corrected chi connectivity index (χ0v) is 12.5. The molecular formula is C15H25NO2S. The number of hydrogen-bond acceptors (Lipinski definition) is 4. The normalized spacial score (nSPS) is 36.7. The summed E-state index contributed by atoms with van der Waals surface area (Å²) in [5.41, 5.74) is 0.0529. The lowest BCUT2D eigenvalue weighted by Gasteiger charge is -2.37. The molecule has 0 aromatic carbocycles. The summed E-state index contributed by atoms with van der Waals surface area (Å²) in [6.07, 6.45) is 6.26. The van der Waals surface area contributed by atoms with E-state index in [-0.39, 0.29) is 11.5 Å². The summed E-state index contributed by atoms with van der Waals surface area (Å²) in [6, 6.07) is 0. The number of carbonyl (C=O) groups is 1. The van der Waals surface area contributed by atoms with Crippen LogP contribution >= 0.6 is 11.8 Å². The van der Waals surface area contributed by atoms with Gasteiger partial charge >= 0.3 is 0 Å². The number of hydrogen-bond donors (Lipinski definition) is 1. The van der Waals surface area contributed by atoms with Crippen LogP contribution in [0.2, 0.25) is 0 Å². The fraction of sp³-hybridized carbons (Fsp3) is 0.933. The van der Waals surface area contributed by atoms with Crippen molar-refractivity contribution in [3.63, 3.8) is 0 Å². The highest BCUT2D eigenvalue weighted by Crippen LogP contribution is 2.41. The van der Waals surface area contributed by atoms with Gasteiger partial charge in [-0.2, -0.15) is 11.8 Å². The molecule has 4 heteroatoms. The zero-order chi connectivity index (χ0) is 13.1. The fourth-order valence-corrected chi connectivity index (χ4v) is 5.08. The van der Waals surface area contributed by atoms with Gasteiger partial charge in [-0.3, -0.25) is 4.79 Å². The number of rotatable bonds is 3. The largest absolute Gasteiger partial charge is 0.374 e. The molecule has 1 N–H and O–H groups in total. The molecule has 108 valence electrons. The zero-order valence-electron chi connectivity index (χ0n) is 11.7. The second-order valence-corrected chi connectivity index (χ2v) is 7.49. The topological polar surface area (TPSA) is 38.3 Å². The third-order valence-electron chi connectivity index (χ3n) is 4.96. The van der Waals surface area contributed by atoms with Gasteiger partial charge in [0.05, 0.1) is 5.60 Å². The van der Waals surface area contributed by atoms with Crippen LogP contribution in [-0.4, -0.2) is 42.6 Å². The molecule has 0 aromatic rings. The number of carbonyl (C=O) groups excluding carboxylic acids is 1. The molecule has 3 aliphatic rings. The predicted molar refractivity (Wildman–Crippen MR) is 78.6 cm³/mol. The number of ether oxygens (including phenoxy) is 1. The summed E-state index contributed by atoms with van der Waals surface area (Å²) >= 11 is 1.98. The molecule has 0 radical (unpaired) electrons. The van der Waals surface area contributed by atoms with E-state index in [1.54, 1.807) is 0 Å². The van der Waals surface area contributed by atoms with Crippen LogP contribution in [0.3, 0.4) is 0 Å². The molecule has 0 bridgehead atoms. The summed E-state index contributed by atoms with van der Waals surface area (Å²) in [6.45, 7) is 2.97. The van der Waals surface area contributed by atoms with Crippen LogP contribution in [0.25, 0.3) is 0 Å². The number of ketones is 1. The first kappa shape index (κ1) is 13.9. The monoisotopic (exact) mass is 283 g/mol. The Morgan fingerprint density at radius 1 is 1.32 bits per heavy atom. The van der Waals surface area contributed by atoms with Gasteiger partial charge < -0.3 is 10.1 Å². The SMILES string of the molecule is O=C(CC1CCNCC1)C1CCOC2(CCSC2)C1. The molecule has 2 unspecified atom stereocenters. The lowest BCUT2D eigenvalue weighted by atomic mass is 9.79. The van der Waals surface area contributed by atoms with E-state index in [9.17, 15) is 4.79 Å². The molecule has 3 saturated heterocycles. The summed E-state index contributed by atoms with van der Waals surface area (Å²) in [5.74, 6) is 3.73. The van der Waals surface area contributed by atoms with E-state index in [1.807, 2.05) is 11.8 Å². The molecule has 0 aliphatic carbocycles. The number of Topliss-reactive ketones (excluding diaryl/α,β-unsaturated/α-hetero) is 1. The number of thioether (sulfide) groups is 1. The highest BCUT2D eigenvalue weighted by Gasteiger charge is 2.42. The maximum absolute atomic E-state index is 12.5. The van der Waals surface area contributed by atoms with Gasteiger partial charge in [0.2, 0.25) is 0 Å². The Bertz CT molecular complexity index is 322. The van der Waals surface area contributed by atoms with Crippen molar-refractivity contribution in [2.75, 3.05) is 31.2 Å². The second-order valence-electron chi connectivity index (χ2n) is 6.39. The molecular weight excluding hydrogens is 258 g/mol. The van der Waals surface area contributed by atoms with Gasteiger partial charge in [0.1, 0.15) is 5.78 Å². The van der Waals surface area contributed by atoms with E-state index in [0.717, 1.165) is 51.1 Å². The summed E-state index contributed by atoms with van der Waals surface area (Å²) in [4.78, 5) is 12.5. The quantitative estimate of drug-likeness (QED) is 0.862. The van der Waals surface area contributed by atoms with Crippen molar-refractivity contribution >= 4 is 17.5 Å². The van der Waals surface area contributed by atoms with Gasteiger partial charge in [0, 0.05) is 24.7 Å². The Morgan fingerprint density at radius 2 is 2.16 bits per heavy atom. The van der Waals surface area contributed by atoms with Gasteiger partial charge in [-0.25, -0.2) is 0 Å². The van der Waals surface area contributed by atoms with Gasteiger partial charge in [-0.15, -0.1) is 0 Å². The lowest BCUT2D eigenvalue weighted by Crippen LogP contribution is -2.42. The summed E-state index contributed by atoms with van der Waals surface area (Å²) in [5, 5.41) is 3.37. The Morgan fingerprint density at radius 3 is 2.89 bits per heavy atom. The number of piperidine rings is 1. The van der Waals surface area contributed by atoms with Gasteiger partial charge in [0.25, 0.3) is 0 Å². The standard InChI is InChI=1S/C15H25NO2S/c17-14(9-12-1-5-16-6-2-12)13-3-7-18-15(10-13)4-8-19-11-15/h12-13,16H,1-11H2. The van der Waals surface area contributed by atoms with Crippen LogP contribution in [0, 0.1) is 11.8 Å². The van der Waals surface area contributed by atoms with Crippen LogP contribution in [0.4, 0.5) is 0 Å². The van der Waals surface area contributed by atoms with Crippen molar-refractivity contribution in [3.05, 3.63) is 0 Å². The van der Waals surface area contributed by atoms with E-state index in [1.165, 1.54) is 18.6 Å². The summed E-state index contributed by atoms with van der Waals surface area (Å²) in [7, 11) is 0. The molecule has 0 saturated carbocycles. The van der Waals surface area contributed by atoms with E-state index in [4.69, 9.17) is 4.74 Å². The van der Waals surface area contributed by atoms with Crippen molar-refractivity contribution in [1.29, 1.82) is 0 Å². The minimum absolute atomic E-state index is 0.0529. The molecule has 3 fully saturated rings. The first-order valence-electron chi connectivity index (χ1n) is 7.73. The average molecular weight is 283 g/mol. The van der Waals surface area contributed by atoms with Gasteiger partial charge in [-0.05, 0) is 56.9 Å². The van der Waals surface area contributed by atoms with Crippen LogP contribution in [-0.2, 0) is 9.53 Å². The minimum atomic E-state index is 0.0529. The predicted octanol–water partition coefficient (Wildman–Crippen LogP) is 2.25. The van der Waals surface area contributed by atoms with E-state index < -0.39 is 0 Å². The number of nitrogens with one attached hydrogen (secondary N) is 1.